The largest absolute Gasteiger partial charge is 0.476 e. The predicted molar refractivity (Wildman–Crippen MR) is 116 cm³/mol. The zero-order valence-electron chi connectivity index (χ0n) is 16.6. The number of nitrogens with zero attached hydrogens (tertiary/aromatic N) is 4. The molecule has 2 N–H and O–H groups in total. The lowest BCUT2D eigenvalue weighted by atomic mass is 10.2. The fourth-order valence-corrected chi connectivity index (χ4v) is 3.10. The van der Waals surface area contributed by atoms with Crippen LogP contribution in [0.2, 0.25) is 5.02 Å². The van der Waals surface area contributed by atoms with Crippen molar-refractivity contribution in [2.75, 3.05) is 11.9 Å². The number of halogens is 1. The Balaban J connectivity index is 1.55. The topological polar surface area (TPSA) is 97.7 Å². The van der Waals surface area contributed by atoms with E-state index < -0.39 is 0 Å². The number of pyridine rings is 1. The number of aromatic amines is 1. The molecule has 0 aliphatic carbocycles. The van der Waals surface area contributed by atoms with E-state index in [1.807, 2.05) is 30.3 Å². The van der Waals surface area contributed by atoms with E-state index in [1.54, 1.807) is 16.9 Å². The van der Waals surface area contributed by atoms with Gasteiger partial charge in [0.1, 0.15) is 10.4 Å². The van der Waals surface area contributed by atoms with Gasteiger partial charge in [-0.25, -0.2) is 9.67 Å². The van der Waals surface area contributed by atoms with Crippen LogP contribution < -0.4 is 15.6 Å². The highest BCUT2D eigenvalue weighted by Gasteiger charge is 2.12. The summed E-state index contributed by atoms with van der Waals surface area (Å²) in [7, 11) is 0. The van der Waals surface area contributed by atoms with Gasteiger partial charge in [0, 0.05) is 12.7 Å². The van der Waals surface area contributed by atoms with E-state index in [0.29, 0.717) is 47.0 Å². The quantitative estimate of drug-likeness (QED) is 0.468. The van der Waals surface area contributed by atoms with E-state index in [0.717, 1.165) is 11.3 Å². The highest BCUT2D eigenvalue weighted by Crippen LogP contribution is 2.23. The minimum atomic E-state index is -0.265. The van der Waals surface area contributed by atoms with Gasteiger partial charge in [0.15, 0.2) is 5.65 Å². The summed E-state index contributed by atoms with van der Waals surface area (Å²) in [5.41, 5.74) is 1.86. The first-order valence-electron chi connectivity index (χ1n) is 9.56. The molecule has 1 aromatic carbocycles. The van der Waals surface area contributed by atoms with Crippen molar-refractivity contribution in [1.82, 2.24) is 24.7 Å². The van der Waals surface area contributed by atoms with Gasteiger partial charge < -0.3 is 10.1 Å². The van der Waals surface area contributed by atoms with Gasteiger partial charge in [-0.05, 0) is 29.7 Å². The summed E-state index contributed by atoms with van der Waals surface area (Å²) in [6.07, 6.45) is 3.19. The minimum Gasteiger partial charge on any atom is -0.476 e. The Morgan fingerprint density at radius 2 is 2.03 bits per heavy atom. The lowest BCUT2D eigenvalue weighted by molar-refractivity contribution is 0.261. The van der Waals surface area contributed by atoms with Crippen LogP contribution in [0.4, 0.5) is 5.95 Å². The lowest BCUT2D eigenvalue weighted by Gasteiger charge is -2.11. The van der Waals surface area contributed by atoms with Crippen molar-refractivity contribution in [2.24, 2.45) is 5.92 Å². The van der Waals surface area contributed by atoms with Gasteiger partial charge in [-0.15, -0.1) is 0 Å². The molecule has 0 atom stereocenters. The Hall–Kier alpha value is -3.39. The van der Waals surface area contributed by atoms with Gasteiger partial charge in [-0.3, -0.25) is 9.78 Å². The SMILES string of the molecule is CC(C)COc1ncc(CNc2nc3c(cnn3-c3ccccc3)c(=O)[nH]2)cc1Cl. The molecule has 0 spiro atoms. The second-order valence-electron chi connectivity index (χ2n) is 7.23. The standard InChI is InChI=1S/C21H21ClN6O2/c1-13(2)12-30-20-17(22)8-14(9-23-20)10-24-21-26-18-16(19(29)27-21)11-25-28(18)15-6-4-3-5-7-15/h3-9,11,13H,10,12H2,1-2H3,(H2,24,26,27,29). The molecule has 0 unspecified atom stereocenters. The number of nitrogens with one attached hydrogen (secondary N) is 2. The van der Waals surface area contributed by atoms with Crippen LogP contribution in [0.5, 0.6) is 5.88 Å². The zero-order chi connectivity index (χ0) is 21.1. The van der Waals surface area contributed by atoms with Crippen molar-refractivity contribution < 1.29 is 4.74 Å². The number of ether oxygens (including phenoxy) is 1. The third-order valence-corrected chi connectivity index (χ3v) is 4.59. The Kier molecular flexibility index (Phi) is 5.67. The zero-order valence-corrected chi connectivity index (χ0v) is 17.3. The Bertz CT molecular complexity index is 1220. The molecule has 9 heteroatoms. The summed E-state index contributed by atoms with van der Waals surface area (Å²) < 4.78 is 7.23. The predicted octanol–water partition coefficient (Wildman–Crippen LogP) is 3.80. The molecule has 3 aromatic heterocycles. The van der Waals surface area contributed by atoms with Crippen LogP contribution >= 0.6 is 11.6 Å². The smallest absolute Gasteiger partial charge is 0.263 e. The van der Waals surface area contributed by atoms with E-state index in [2.05, 4.69) is 39.2 Å². The summed E-state index contributed by atoms with van der Waals surface area (Å²) in [5.74, 6) is 1.13. The van der Waals surface area contributed by atoms with E-state index in [1.165, 1.54) is 6.20 Å². The van der Waals surface area contributed by atoms with Crippen molar-refractivity contribution in [3.05, 3.63) is 69.7 Å². The van der Waals surface area contributed by atoms with Crippen molar-refractivity contribution in [2.45, 2.75) is 20.4 Å². The maximum atomic E-state index is 12.4. The van der Waals surface area contributed by atoms with Gasteiger partial charge in [-0.1, -0.05) is 43.6 Å². The molecule has 154 valence electrons. The summed E-state index contributed by atoms with van der Waals surface area (Å²) in [6.45, 7) is 5.04. The molecule has 30 heavy (non-hydrogen) atoms. The summed E-state index contributed by atoms with van der Waals surface area (Å²) in [6, 6.07) is 11.3. The Morgan fingerprint density at radius 3 is 2.77 bits per heavy atom. The maximum Gasteiger partial charge on any atom is 0.263 e. The van der Waals surface area contributed by atoms with Crippen LogP contribution in [0.15, 0.2) is 53.6 Å². The number of H-pyrrole nitrogens is 1. The number of benzene rings is 1. The molecule has 0 saturated carbocycles. The van der Waals surface area contributed by atoms with Crippen LogP contribution in [-0.2, 0) is 6.54 Å². The number of hydrogen-bond acceptors (Lipinski definition) is 6. The molecular weight excluding hydrogens is 404 g/mol. The average Bonchev–Trinajstić information content (AvgIpc) is 3.16. The summed E-state index contributed by atoms with van der Waals surface area (Å²) >= 11 is 6.27. The van der Waals surface area contributed by atoms with Crippen molar-refractivity contribution in [3.8, 4) is 11.6 Å². The molecule has 0 amide bonds. The van der Waals surface area contributed by atoms with Crippen LogP contribution in [0.25, 0.3) is 16.7 Å². The summed E-state index contributed by atoms with van der Waals surface area (Å²) in [4.78, 5) is 24.0. The number of hydrogen-bond donors (Lipinski definition) is 2. The highest BCUT2D eigenvalue weighted by atomic mass is 35.5. The van der Waals surface area contributed by atoms with Crippen LogP contribution in [0.1, 0.15) is 19.4 Å². The fraction of sp³-hybridized carbons (Fsp3) is 0.238. The number of aromatic nitrogens is 5. The molecule has 0 bridgehead atoms. The highest BCUT2D eigenvalue weighted by molar-refractivity contribution is 6.31. The van der Waals surface area contributed by atoms with Crippen molar-refractivity contribution in [1.29, 1.82) is 0 Å². The van der Waals surface area contributed by atoms with Crippen LogP contribution in [-0.4, -0.2) is 31.3 Å². The first-order chi connectivity index (χ1) is 14.5. The molecule has 0 saturated heterocycles. The van der Waals surface area contributed by atoms with E-state index >= 15 is 0 Å². The minimum absolute atomic E-state index is 0.265. The maximum absolute atomic E-state index is 12.4. The number of fused-ring (bicyclic) bond motifs is 1. The third kappa shape index (κ3) is 4.28. The van der Waals surface area contributed by atoms with Gasteiger partial charge in [-0.2, -0.15) is 10.1 Å². The number of rotatable bonds is 7. The van der Waals surface area contributed by atoms with Gasteiger partial charge in [0.2, 0.25) is 11.8 Å². The third-order valence-electron chi connectivity index (χ3n) is 4.32. The normalized spacial score (nSPS) is 11.2. The van der Waals surface area contributed by atoms with Crippen LogP contribution in [0, 0.1) is 5.92 Å². The monoisotopic (exact) mass is 424 g/mol. The lowest BCUT2D eigenvalue weighted by Crippen LogP contribution is -2.14. The molecule has 4 rings (SSSR count). The van der Waals surface area contributed by atoms with Crippen molar-refractivity contribution >= 4 is 28.6 Å². The molecule has 0 radical (unpaired) electrons. The van der Waals surface area contributed by atoms with E-state index in [4.69, 9.17) is 16.3 Å². The van der Waals surface area contributed by atoms with Crippen molar-refractivity contribution in [3.63, 3.8) is 0 Å². The molecule has 3 heterocycles. The molecule has 0 aliphatic heterocycles. The number of para-hydroxylation sites is 1. The second kappa shape index (κ2) is 8.54. The molecule has 8 nitrogen and oxygen atoms in total. The average molecular weight is 425 g/mol. The Morgan fingerprint density at radius 1 is 1.23 bits per heavy atom. The van der Waals surface area contributed by atoms with Gasteiger partial charge >= 0.3 is 0 Å². The van der Waals surface area contributed by atoms with Crippen LogP contribution in [0.3, 0.4) is 0 Å². The first kappa shape index (κ1) is 19.9. The van der Waals surface area contributed by atoms with E-state index in [-0.39, 0.29) is 5.56 Å². The number of anilines is 1. The second-order valence-corrected chi connectivity index (χ2v) is 7.64. The molecule has 4 aromatic rings. The Labute approximate surface area is 177 Å². The van der Waals surface area contributed by atoms with Gasteiger partial charge in [0.05, 0.1) is 18.5 Å². The molecule has 0 fully saturated rings. The summed E-state index contributed by atoms with van der Waals surface area (Å²) in [5, 5.41) is 8.27. The van der Waals surface area contributed by atoms with E-state index in [9.17, 15) is 4.79 Å². The molecule has 0 aliphatic rings. The fourth-order valence-electron chi connectivity index (χ4n) is 2.86. The van der Waals surface area contributed by atoms with Gasteiger partial charge in [0.25, 0.3) is 5.56 Å². The molecular formula is C21H21ClN6O2. The first-order valence-corrected chi connectivity index (χ1v) is 9.93.